The Morgan fingerprint density at radius 2 is 2.09 bits per heavy atom. The lowest BCUT2D eigenvalue weighted by Crippen LogP contribution is -2.28. The Hall–Kier alpha value is -2.64. The number of methoxy groups -OCH3 is 1. The van der Waals surface area contributed by atoms with E-state index in [0.29, 0.717) is 11.3 Å². The van der Waals surface area contributed by atoms with Gasteiger partial charge in [0.2, 0.25) is 0 Å². The maximum absolute atomic E-state index is 11.9. The zero-order valence-electron chi connectivity index (χ0n) is 13.0. The Kier molecular flexibility index (Phi) is 5.15. The predicted molar refractivity (Wildman–Crippen MR) is 81.3 cm³/mol. The summed E-state index contributed by atoms with van der Waals surface area (Å²) >= 11 is 0. The second-order valence-electron chi connectivity index (χ2n) is 5.38. The number of benzene rings is 1. The lowest BCUT2D eigenvalue weighted by atomic mass is 9.86. The van der Waals surface area contributed by atoms with Crippen molar-refractivity contribution in [2.75, 3.05) is 19.0 Å². The zero-order valence-corrected chi connectivity index (χ0v) is 13.0. The number of amides is 1. The number of aryl methyl sites for hydroxylation is 1. The normalized spacial score (nSPS) is 13.8. The van der Waals surface area contributed by atoms with Gasteiger partial charge in [-0.2, -0.15) is 0 Å². The molecule has 8 heteroatoms. The molecule has 0 atom stereocenters. The number of hydrogen-bond acceptors (Lipinski definition) is 6. The standard InChI is InChI=1S/C15H18N2O6/c1-9-6-12(17(20)21)13(22-2)7-11(9)16-14(18)8-23-15(19)10-4-3-5-10/h6-7,10H,3-5,8H2,1-2H3,(H,16,18). The molecule has 0 bridgehead atoms. The van der Waals surface area contributed by atoms with Gasteiger partial charge >= 0.3 is 11.7 Å². The Morgan fingerprint density at radius 3 is 2.61 bits per heavy atom. The monoisotopic (exact) mass is 322 g/mol. The third-order valence-corrected chi connectivity index (χ3v) is 3.78. The number of nitro groups is 1. The minimum Gasteiger partial charge on any atom is -0.490 e. The molecule has 0 heterocycles. The van der Waals surface area contributed by atoms with Gasteiger partial charge in [0.05, 0.1) is 18.0 Å². The number of esters is 1. The highest BCUT2D eigenvalue weighted by molar-refractivity contribution is 5.94. The van der Waals surface area contributed by atoms with Gasteiger partial charge in [0.15, 0.2) is 12.4 Å². The first-order chi connectivity index (χ1) is 10.9. The van der Waals surface area contributed by atoms with E-state index >= 15 is 0 Å². The molecule has 0 aliphatic heterocycles. The van der Waals surface area contributed by atoms with Crippen molar-refractivity contribution in [3.8, 4) is 5.75 Å². The van der Waals surface area contributed by atoms with Crippen molar-refractivity contribution in [2.45, 2.75) is 26.2 Å². The number of nitrogens with one attached hydrogen (secondary N) is 1. The Balaban J connectivity index is 1.99. The third-order valence-electron chi connectivity index (χ3n) is 3.78. The number of carbonyl (C=O) groups is 2. The highest BCUT2D eigenvalue weighted by Gasteiger charge is 2.27. The molecule has 1 fully saturated rings. The average Bonchev–Trinajstić information content (AvgIpc) is 2.44. The highest BCUT2D eigenvalue weighted by atomic mass is 16.6. The van der Waals surface area contributed by atoms with Gasteiger partial charge in [0.1, 0.15) is 0 Å². The molecule has 0 saturated heterocycles. The first kappa shape index (κ1) is 16.7. The largest absolute Gasteiger partial charge is 0.490 e. The van der Waals surface area contributed by atoms with E-state index < -0.39 is 10.8 Å². The van der Waals surface area contributed by atoms with Crippen molar-refractivity contribution in [2.24, 2.45) is 5.92 Å². The fourth-order valence-electron chi connectivity index (χ4n) is 2.20. The number of hydrogen-bond donors (Lipinski definition) is 1. The van der Waals surface area contributed by atoms with Gasteiger partial charge in [-0.05, 0) is 25.3 Å². The molecule has 0 aromatic heterocycles. The van der Waals surface area contributed by atoms with Crippen LogP contribution in [0, 0.1) is 23.0 Å². The molecule has 2 rings (SSSR count). The summed E-state index contributed by atoms with van der Waals surface area (Å²) in [5, 5.41) is 13.5. The van der Waals surface area contributed by atoms with Crippen molar-refractivity contribution in [1.82, 2.24) is 0 Å². The maximum atomic E-state index is 11.9. The van der Waals surface area contributed by atoms with Gasteiger partial charge < -0.3 is 14.8 Å². The summed E-state index contributed by atoms with van der Waals surface area (Å²) < 4.78 is 9.91. The van der Waals surface area contributed by atoms with Gasteiger partial charge in [-0.1, -0.05) is 6.42 Å². The molecular weight excluding hydrogens is 304 g/mol. The van der Waals surface area contributed by atoms with Crippen LogP contribution in [0.1, 0.15) is 24.8 Å². The molecule has 0 radical (unpaired) electrons. The molecule has 1 aromatic carbocycles. The van der Waals surface area contributed by atoms with Crippen LogP contribution in [0.5, 0.6) is 5.75 Å². The molecule has 1 aliphatic carbocycles. The van der Waals surface area contributed by atoms with Gasteiger partial charge in [-0.3, -0.25) is 19.7 Å². The van der Waals surface area contributed by atoms with Crippen molar-refractivity contribution in [1.29, 1.82) is 0 Å². The van der Waals surface area contributed by atoms with Crippen LogP contribution in [-0.4, -0.2) is 30.5 Å². The van der Waals surface area contributed by atoms with Crippen LogP contribution < -0.4 is 10.1 Å². The van der Waals surface area contributed by atoms with E-state index in [0.717, 1.165) is 19.3 Å². The van der Waals surface area contributed by atoms with Crippen LogP contribution in [0.4, 0.5) is 11.4 Å². The fraction of sp³-hybridized carbons (Fsp3) is 0.467. The van der Waals surface area contributed by atoms with E-state index in [9.17, 15) is 19.7 Å². The SMILES string of the molecule is COc1cc(NC(=O)COC(=O)C2CCC2)c(C)cc1[N+](=O)[O-]. The summed E-state index contributed by atoms with van der Waals surface area (Å²) in [4.78, 5) is 33.8. The van der Waals surface area contributed by atoms with Crippen molar-refractivity contribution < 1.29 is 24.0 Å². The minimum absolute atomic E-state index is 0.0439. The number of carbonyl (C=O) groups excluding carboxylic acids is 2. The van der Waals surface area contributed by atoms with Crippen LogP contribution in [-0.2, 0) is 14.3 Å². The van der Waals surface area contributed by atoms with Crippen LogP contribution in [0.15, 0.2) is 12.1 Å². The van der Waals surface area contributed by atoms with Crippen molar-refractivity contribution in [3.05, 3.63) is 27.8 Å². The molecule has 1 aliphatic rings. The van der Waals surface area contributed by atoms with Crippen LogP contribution >= 0.6 is 0 Å². The molecule has 1 aromatic rings. The number of rotatable bonds is 6. The molecule has 8 nitrogen and oxygen atoms in total. The van der Waals surface area contributed by atoms with Gasteiger partial charge in [-0.15, -0.1) is 0 Å². The van der Waals surface area contributed by atoms with Crippen LogP contribution in [0.2, 0.25) is 0 Å². The quantitative estimate of drug-likeness (QED) is 0.488. The van der Waals surface area contributed by atoms with Gasteiger partial charge in [0, 0.05) is 17.8 Å². The topological polar surface area (TPSA) is 108 Å². The zero-order chi connectivity index (χ0) is 17.0. The molecule has 1 amide bonds. The maximum Gasteiger partial charge on any atom is 0.311 e. The molecule has 0 spiro atoms. The van der Waals surface area contributed by atoms with Crippen LogP contribution in [0.3, 0.4) is 0 Å². The van der Waals surface area contributed by atoms with E-state index in [1.54, 1.807) is 6.92 Å². The van der Waals surface area contributed by atoms with E-state index in [1.165, 1.54) is 19.2 Å². The molecular formula is C15H18N2O6. The fourth-order valence-corrected chi connectivity index (χ4v) is 2.20. The first-order valence-corrected chi connectivity index (χ1v) is 7.22. The smallest absolute Gasteiger partial charge is 0.311 e. The van der Waals surface area contributed by atoms with Gasteiger partial charge in [0.25, 0.3) is 5.91 Å². The second kappa shape index (κ2) is 7.08. The Labute approximate surface area is 132 Å². The Morgan fingerprint density at radius 1 is 1.39 bits per heavy atom. The van der Waals surface area contributed by atoms with E-state index in [1.807, 2.05) is 0 Å². The van der Waals surface area contributed by atoms with E-state index in [2.05, 4.69) is 5.32 Å². The van der Waals surface area contributed by atoms with Crippen molar-refractivity contribution in [3.63, 3.8) is 0 Å². The highest BCUT2D eigenvalue weighted by Crippen LogP contribution is 2.32. The third kappa shape index (κ3) is 3.97. The molecule has 124 valence electrons. The summed E-state index contributed by atoms with van der Waals surface area (Å²) in [6, 6.07) is 2.69. The lowest BCUT2D eigenvalue weighted by molar-refractivity contribution is -0.385. The van der Waals surface area contributed by atoms with Crippen molar-refractivity contribution >= 4 is 23.3 Å². The summed E-state index contributed by atoms with van der Waals surface area (Å²) in [7, 11) is 1.31. The average molecular weight is 322 g/mol. The van der Waals surface area contributed by atoms with Gasteiger partial charge in [-0.25, -0.2) is 0 Å². The van der Waals surface area contributed by atoms with E-state index in [4.69, 9.17) is 9.47 Å². The number of anilines is 1. The summed E-state index contributed by atoms with van der Waals surface area (Å²) in [5.74, 6) is -0.910. The molecule has 0 unspecified atom stereocenters. The molecule has 1 N–H and O–H groups in total. The summed E-state index contributed by atoms with van der Waals surface area (Å²) in [6.45, 7) is 1.25. The number of nitrogens with zero attached hydrogens (tertiary/aromatic N) is 1. The number of nitro benzene ring substituents is 1. The first-order valence-electron chi connectivity index (χ1n) is 7.22. The van der Waals surface area contributed by atoms with E-state index in [-0.39, 0.29) is 29.9 Å². The summed E-state index contributed by atoms with van der Waals surface area (Å²) in [5.41, 5.74) is 0.702. The summed E-state index contributed by atoms with van der Waals surface area (Å²) in [6.07, 6.45) is 2.62. The number of ether oxygens (including phenoxy) is 2. The Bertz CT molecular complexity index is 639. The molecule has 1 saturated carbocycles. The lowest BCUT2D eigenvalue weighted by Gasteiger charge is -2.22. The second-order valence-corrected chi connectivity index (χ2v) is 5.38. The molecule has 23 heavy (non-hydrogen) atoms. The van der Waals surface area contributed by atoms with Crippen LogP contribution in [0.25, 0.3) is 0 Å². The minimum atomic E-state index is -0.558. The predicted octanol–water partition coefficient (Wildman–Crippen LogP) is 2.19.